The lowest BCUT2D eigenvalue weighted by Gasteiger charge is -2.46. The molecule has 0 saturated carbocycles. The lowest BCUT2D eigenvalue weighted by molar-refractivity contribution is -0.370. The lowest BCUT2D eigenvalue weighted by Crippen LogP contribution is -2.63. The molecule has 6 rings (SSSR count). The SMILES string of the molecule is OC[C@@H]1O[C@@H](O[C@@H]2[C@@H](O)[C@H](O[C@@H]3CO[C@@H](O[C@@H]4CO[C@@H](O[C@@H]5COC(O)[C@H](O)[C@H]5O)[C@H](O)[C@H]4O)[C@H](O)[C@H]3O)OC[C@H]2O[C@@H]2OC[C@@H](O)[C@H](O)[C@H]2O)[C@H](O)[C@H]1O. The second-order valence-electron chi connectivity index (χ2n) is 14.0. The summed E-state index contributed by atoms with van der Waals surface area (Å²) in [6, 6.07) is 0. The van der Waals surface area contributed by atoms with E-state index in [2.05, 4.69) is 0 Å². The fraction of sp³-hybridized carbons (Fsp3) is 1.00. The molecule has 0 aromatic rings. The van der Waals surface area contributed by atoms with Gasteiger partial charge >= 0.3 is 0 Å². The van der Waals surface area contributed by atoms with Crippen molar-refractivity contribution in [2.45, 2.75) is 148 Å². The zero-order valence-corrected chi connectivity index (χ0v) is 28.9. The molecule has 6 aliphatic heterocycles. The molecule has 24 atom stereocenters. The van der Waals surface area contributed by atoms with Crippen LogP contribution in [0.3, 0.4) is 0 Å². The molecule has 0 aliphatic carbocycles. The minimum Gasteiger partial charge on any atom is -0.394 e. The molecular weight excluding hydrogens is 760 g/mol. The lowest BCUT2D eigenvalue weighted by atomic mass is 10.0. The van der Waals surface area contributed by atoms with Crippen molar-refractivity contribution in [3.8, 4) is 0 Å². The number of ether oxygens (including phenoxy) is 11. The van der Waals surface area contributed by atoms with Gasteiger partial charge in [0.05, 0.1) is 39.6 Å². The molecular formula is C30H50O25. The Balaban J connectivity index is 1.05. The fourth-order valence-corrected chi connectivity index (χ4v) is 6.80. The van der Waals surface area contributed by atoms with Gasteiger partial charge in [0.2, 0.25) is 0 Å². The van der Waals surface area contributed by atoms with E-state index in [1.807, 2.05) is 0 Å². The van der Waals surface area contributed by atoms with Gasteiger partial charge in [-0.2, -0.15) is 0 Å². The number of rotatable bonds is 11. The highest BCUT2D eigenvalue weighted by Crippen LogP contribution is 2.33. The summed E-state index contributed by atoms with van der Waals surface area (Å²) in [6.45, 7) is -2.96. The third-order valence-electron chi connectivity index (χ3n) is 10.2. The molecule has 320 valence electrons. The van der Waals surface area contributed by atoms with Crippen molar-refractivity contribution < 1.29 is 124 Å². The summed E-state index contributed by atoms with van der Waals surface area (Å²) in [5.41, 5.74) is 0. The quantitative estimate of drug-likeness (QED) is 0.0921. The Morgan fingerprint density at radius 2 is 0.764 bits per heavy atom. The maximum absolute atomic E-state index is 11.4. The molecule has 6 fully saturated rings. The molecule has 0 radical (unpaired) electrons. The summed E-state index contributed by atoms with van der Waals surface area (Å²) >= 11 is 0. The van der Waals surface area contributed by atoms with Crippen LogP contribution in [0.5, 0.6) is 0 Å². The predicted octanol–water partition coefficient (Wildman–Crippen LogP) is -10.3. The predicted molar refractivity (Wildman–Crippen MR) is 163 cm³/mol. The molecule has 55 heavy (non-hydrogen) atoms. The highest BCUT2D eigenvalue weighted by atomic mass is 16.8. The molecule has 0 bridgehead atoms. The van der Waals surface area contributed by atoms with Crippen LogP contribution in [0.1, 0.15) is 0 Å². The van der Waals surface area contributed by atoms with Crippen LogP contribution in [0, 0.1) is 0 Å². The van der Waals surface area contributed by atoms with Gasteiger partial charge in [0, 0.05) is 0 Å². The molecule has 14 N–H and O–H groups in total. The molecule has 1 unspecified atom stereocenters. The number of aliphatic hydroxyl groups is 14. The second kappa shape index (κ2) is 18.5. The Labute approximate surface area is 311 Å². The topological polar surface area (TPSA) is 385 Å². The molecule has 25 nitrogen and oxygen atoms in total. The van der Waals surface area contributed by atoms with Crippen molar-refractivity contribution >= 4 is 0 Å². The third-order valence-corrected chi connectivity index (χ3v) is 10.2. The van der Waals surface area contributed by atoms with Gasteiger partial charge in [0.15, 0.2) is 37.7 Å². The van der Waals surface area contributed by atoms with E-state index in [0.717, 1.165) is 0 Å². The van der Waals surface area contributed by atoms with Gasteiger partial charge in [-0.15, -0.1) is 0 Å². The summed E-state index contributed by atoms with van der Waals surface area (Å²) < 4.78 is 60.4. The molecule has 0 aromatic carbocycles. The van der Waals surface area contributed by atoms with Crippen LogP contribution in [0.2, 0.25) is 0 Å². The van der Waals surface area contributed by atoms with Crippen molar-refractivity contribution in [1.29, 1.82) is 0 Å². The van der Waals surface area contributed by atoms with Gasteiger partial charge in [-0.25, -0.2) is 0 Å². The smallest absolute Gasteiger partial charge is 0.187 e. The first-order valence-electron chi connectivity index (χ1n) is 17.6. The van der Waals surface area contributed by atoms with E-state index in [9.17, 15) is 71.5 Å². The normalized spacial score (nSPS) is 54.0. The Bertz CT molecular complexity index is 1210. The summed E-state index contributed by atoms with van der Waals surface area (Å²) in [7, 11) is 0. The average molecular weight is 811 g/mol. The Morgan fingerprint density at radius 3 is 1.27 bits per heavy atom. The summed E-state index contributed by atoms with van der Waals surface area (Å²) in [6.07, 6.45) is -38.4. The highest BCUT2D eigenvalue weighted by Gasteiger charge is 2.53. The van der Waals surface area contributed by atoms with Gasteiger partial charge in [-0.1, -0.05) is 0 Å². The second-order valence-corrected chi connectivity index (χ2v) is 14.0. The van der Waals surface area contributed by atoms with Crippen LogP contribution < -0.4 is 0 Å². The molecule has 6 heterocycles. The minimum absolute atomic E-state index is 0.375. The number of aliphatic hydroxyl groups excluding tert-OH is 14. The van der Waals surface area contributed by atoms with Crippen molar-refractivity contribution in [3.05, 3.63) is 0 Å². The third kappa shape index (κ3) is 9.26. The van der Waals surface area contributed by atoms with Crippen LogP contribution in [0.25, 0.3) is 0 Å². The summed E-state index contributed by atoms with van der Waals surface area (Å²) in [5.74, 6) is 0. The van der Waals surface area contributed by atoms with Crippen LogP contribution in [0.15, 0.2) is 0 Å². The van der Waals surface area contributed by atoms with Crippen molar-refractivity contribution in [1.82, 2.24) is 0 Å². The maximum atomic E-state index is 11.4. The Kier molecular flexibility index (Phi) is 14.7. The van der Waals surface area contributed by atoms with Crippen molar-refractivity contribution in [2.75, 3.05) is 39.6 Å². The number of hydrogen-bond acceptors (Lipinski definition) is 25. The van der Waals surface area contributed by atoms with Crippen LogP contribution in [-0.4, -0.2) is 259 Å². The monoisotopic (exact) mass is 810 g/mol. The zero-order chi connectivity index (χ0) is 39.9. The first-order chi connectivity index (χ1) is 26.1. The molecule has 0 amide bonds. The van der Waals surface area contributed by atoms with E-state index >= 15 is 0 Å². The maximum Gasteiger partial charge on any atom is 0.187 e. The summed E-state index contributed by atoms with van der Waals surface area (Å²) in [5, 5.41) is 144. The van der Waals surface area contributed by atoms with Gasteiger partial charge in [0.25, 0.3) is 0 Å². The van der Waals surface area contributed by atoms with E-state index < -0.39 is 181 Å². The van der Waals surface area contributed by atoms with E-state index in [1.165, 1.54) is 0 Å². The van der Waals surface area contributed by atoms with Gasteiger partial charge in [-0.3, -0.25) is 0 Å². The highest BCUT2D eigenvalue weighted by molar-refractivity contribution is 4.95. The Hall–Kier alpha value is -1.00. The fourth-order valence-electron chi connectivity index (χ4n) is 6.80. The number of hydrogen-bond donors (Lipinski definition) is 14. The molecule has 25 heteroatoms. The van der Waals surface area contributed by atoms with E-state index in [-0.39, 0.29) is 6.61 Å². The van der Waals surface area contributed by atoms with Crippen LogP contribution >= 0.6 is 0 Å². The molecule has 6 aliphatic rings. The van der Waals surface area contributed by atoms with Gasteiger partial charge in [0.1, 0.15) is 110 Å². The minimum atomic E-state index is -1.87. The first kappa shape index (κ1) is 43.6. The largest absolute Gasteiger partial charge is 0.394 e. The van der Waals surface area contributed by atoms with E-state index in [0.29, 0.717) is 0 Å². The molecule has 6 saturated heterocycles. The average Bonchev–Trinajstić information content (AvgIpc) is 3.44. The summed E-state index contributed by atoms with van der Waals surface area (Å²) in [4.78, 5) is 0. The van der Waals surface area contributed by atoms with Crippen molar-refractivity contribution in [3.63, 3.8) is 0 Å². The first-order valence-corrected chi connectivity index (χ1v) is 17.6. The molecule has 0 aromatic heterocycles. The van der Waals surface area contributed by atoms with E-state index in [4.69, 9.17) is 52.1 Å². The van der Waals surface area contributed by atoms with Crippen LogP contribution in [-0.2, 0) is 52.1 Å². The standard InChI is InChI=1S/C30H50O25/c31-1-8-14(34)22(42)30(50-8)55-24-12(54-26-19(39)13(33)7(32)2-46-26)6-49-29(23(24)43)53-11-5-48-28(21(41)17(11)37)52-10-4-47-27(20(40)16(10)36)51-9-3-45-25(44)18(38)15(9)35/h7-44H,1-6H2/t7-,8+,9-,10-,11-,12-,13+,14+,15+,16+,17+,18-,19-,20-,21-,22-,23-,24+,25?,26+,27+,28+,29+,30+/m1/s1. The van der Waals surface area contributed by atoms with Gasteiger partial charge < -0.3 is 124 Å². The van der Waals surface area contributed by atoms with Crippen molar-refractivity contribution in [2.24, 2.45) is 0 Å². The van der Waals surface area contributed by atoms with Crippen LogP contribution in [0.4, 0.5) is 0 Å². The zero-order valence-electron chi connectivity index (χ0n) is 28.9. The molecule has 0 spiro atoms. The van der Waals surface area contributed by atoms with Gasteiger partial charge in [-0.05, 0) is 0 Å². The van der Waals surface area contributed by atoms with E-state index in [1.54, 1.807) is 0 Å². The Morgan fingerprint density at radius 1 is 0.364 bits per heavy atom.